The molecule has 0 N–H and O–H groups in total. The number of rotatable bonds is 2. The number of hydrogen-bond acceptors (Lipinski definition) is 4. The lowest BCUT2D eigenvalue weighted by molar-refractivity contribution is 0.102. The van der Waals surface area contributed by atoms with Gasteiger partial charge in [0.2, 0.25) is 5.78 Å². The zero-order valence-electron chi connectivity index (χ0n) is 7.57. The Labute approximate surface area is 107 Å². The van der Waals surface area contributed by atoms with Gasteiger partial charge in [0.25, 0.3) is 0 Å². The molecule has 0 atom stereocenters. The lowest BCUT2D eigenvalue weighted by Gasteiger charge is -1.99. The molecular weight excluding hydrogens is 346 g/mol. The summed E-state index contributed by atoms with van der Waals surface area (Å²) in [4.78, 5) is 12.1. The number of nitrogens with zero attached hydrogens (tertiary/aromatic N) is 3. The fourth-order valence-electron chi connectivity index (χ4n) is 1.16. The maximum absolute atomic E-state index is 12.1. The fourth-order valence-corrected chi connectivity index (χ4v) is 2.91. The van der Waals surface area contributed by atoms with E-state index in [2.05, 4.69) is 42.2 Å². The molecule has 0 bridgehead atoms. The Bertz CT molecular complexity index is 500. The van der Waals surface area contributed by atoms with Gasteiger partial charge in [-0.15, -0.1) is 16.4 Å². The van der Waals surface area contributed by atoms with Gasteiger partial charge in [0.05, 0.1) is 3.79 Å². The molecule has 0 aliphatic carbocycles. The lowest BCUT2D eigenvalue weighted by Crippen LogP contribution is -2.08. The molecule has 2 heterocycles. The van der Waals surface area contributed by atoms with Gasteiger partial charge >= 0.3 is 0 Å². The molecule has 0 aromatic carbocycles. The third kappa shape index (κ3) is 1.91. The van der Waals surface area contributed by atoms with Crippen LogP contribution < -0.4 is 0 Å². The fraction of sp³-hybridized carbons (Fsp3) is 0.125. The van der Waals surface area contributed by atoms with E-state index in [1.54, 1.807) is 13.1 Å². The van der Waals surface area contributed by atoms with Crippen LogP contribution in [-0.4, -0.2) is 20.8 Å². The molecule has 0 radical (unpaired) electrons. The predicted octanol–water partition coefficient (Wildman–Crippen LogP) is 2.63. The van der Waals surface area contributed by atoms with Crippen molar-refractivity contribution in [3.05, 3.63) is 31.1 Å². The van der Waals surface area contributed by atoms with E-state index in [1.165, 1.54) is 16.0 Å². The number of halogens is 2. The van der Waals surface area contributed by atoms with Crippen LogP contribution in [0, 0.1) is 0 Å². The van der Waals surface area contributed by atoms with Crippen LogP contribution in [0.4, 0.5) is 0 Å². The van der Waals surface area contributed by atoms with Crippen molar-refractivity contribution in [1.29, 1.82) is 0 Å². The summed E-state index contributed by atoms with van der Waals surface area (Å²) in [6, 6.07) is 1.77. The average Bonchev–Trinajstić information content (AvgIpc) is 2.73. The smallest absolute Gasteiger partial charge is 0.215 e. The minimum absolute atomic E-state index is 0.0949. The molecule has 0 aliphatic heterocycles. The molecule has 0 saturated carbocycles. The summed E-state index contributed by atoms with van der Waals surface area (Å²) in [6.45, 7) is 0. The molecule has 0 unspecified atom stereocenters. The van der Waals surface area contributed by atoms with Crippen molar-refractivity contribution in [3.8, 4) is 0 Å². The molecule has 0 fully saturated rings. The van der Waals surface area contributed by atoms with Gasteiger partial charge in [-0.1, -0.05) is 5.21 Å². The monoisotopic (exact) mass is 349 g/mol. The summed E-state index contributed by atoms with van der Waals surface area (Å²) in [6.07, 6.45) is 0. The third-order valence-electron chi connectivity index (χ3n) is 1.86. The van der Waals surface area contributed by atoms with Gasteiger partial charge in [-0.25, -0.2) is 4.68 Å². The first kappa shape index (κ1) is 11.0. The SMILES string of the molecule is Cn1nnc(Br)c1C(=O)c1ccsc1Br. The minimum Gasteiger partial charge on any atom is -0.287 e. The van der Waals surface area contributed by atoms with Crippen LogP contribution in [-0.2, 0) is 7.05 Å². The molecule has 0 amide bonds. The van der Waals surface area contributed by atoms with Crippen molar-refractivity contribution in [1.82, 2.24) is 15.0 Å². The molecule has 2 aromatic heterocycles. The second kappa shape index (κ2) is 4.15. The van der Waals surface area contributed by atoms with Crippen molar-refractivity contribution in [2.45, 2.75) is 0 Å². The van der Waals surface area contributed by atoms with Crippen molar-refractivity contribution >= 4 is 49.0 Å². The first-order chi connectivity index (χ1) is 7.11. The first-order valence-electron chi connectivity index (χ1n) is 3.94. The van der Waals surface area contributed by atoms with Gasteiger partial charge in [-0.2, -0.15) is 0 Å². The summed E-state index contributed by atoms with van der Waals surface area (Å²) in [5.41, 5.74) is 1.08. The summed E-state index contributed by atoms with van der Waals surface area (Å²) in [5.74, 6) is -0.0949. The van der Waals surface area contributed by atoms with Crippen LogP contribution in [0.3, 0.4) is 0 Å². The maximum Gasteiger partial charge on any atom is 0.215 e. The van der Waals surface area contributed by atoms with E-state index in [9.17, 15) is 4.79 Å². The van der Waals surface area contributed by atoms with Gasteiger partial charge in [-0.05, 0) is 43.3 Å². The third-order valence-corrected chi connectivity index (χ3v) is 4.08. The Morgan fingerprint density at radius 1 is 1.53 bits per heavy atom. The predicted molar refractivity (Wildman–Crippen MR) is 64.2 cm³/mol. The normalized spacial score (nSPS) is 10.6. The highest BCUT2D eigenvalue weighted by molar-refractivity contribution is 9.11. The van der Waals surface area contributed by atoms with Gasteiger partial charge in [0, 0.05) is 12.6 Å². The van der Waals surface area contributed by atoms with Gasteiger partial charge in [0.1, 0.15) is 5.69 Å². The first-order valence-corrected chi connectivity index (χ1v) is 6.40. The van der Waals surface area contributed by atoms with Crippen molar-refractivity contribution in [3.63, 3.8) is 0 Å². The summed E-state index contributed by atoms with van der Waals surface area (Å²) in [7, 11) is 1.69. The Morgan fingerprint density at radius 2 is 2.27 bits per heavy atom. The van der Waals surface area contributed by atoms with Crippen molar-refractivity contribution < 1.29 is 4.79 Å². The lowest BCUT2D eigenvalue weighted by atomic mass is 10.2. The van der Waals surface area contributed by atoms with Crippen LogP contribution in [0.2, 0.25) is 0 Å². The molecule has 2 rings (SSSR count). The van der Waals surface area contributed by atoms with E-state index in [0.29, 0.717) is 15.9 Å². The number of carbonyl (C=O) groups is 1. The number of ketones is 1. The van der Waals surface area contributed by atoms with Gasteiger partial charge in [-0.3, -0.25) is 4.79 Å². The number of aryl methyl sites for hydroxylation is 1. The molecule has 0 saturated heterocycles. The Hall–Kier alpha value is -0.530. The highest BCUT2D eigenvalue weighted by Gasteiger charge is 2.21. The van der Waals surface area contributed by atoms with Crippen molar-refractivity contribution in [2.75, 3.05) is 0 Å². The topological polar surface area (TPSA) is 47.8 Å². The van der Waals surface area contributed by atoms with Gasteiger partial charge < -0.3 is 0 Å². The van der Waals surface area contributed by atoms with Gasteiger partial charge in [0.15, 0.2) is 4.60 Å². The minimum atomic E-state index is -0.0949. The van der Waals surface area contributed by atoms with Crippen LogP contribution in [0.1, 0.15) is 16.1 Å². The molecule has 7 heteroatoms. The summed E-state index contributed by atoms with van der Waals surface area (Å²) >= 11 is 8.01. The summed E-state index contributed by atoms with van der Waals surface area (Å²) < 4.78 is 2.74. The standard InChI is InChI=1S/C8H5Br2N3OS/c1-13-5(7(9)11-12-13)6(14)4-2-3-15-8(4)10/h2-3H,1H3. The highest BCUT2D eigenvalue weighted by Crippen LogP contribution is 2.27. The molecule has 2 aromatic rings. The Kier molecular flexibility index (Phi) is 3.03. The van der Waals surface area contributed by atoms with Crippen LogP contribution in [0.5, 0.6) is 0 Å². The van der Waals surface area contributed by atoms with E-state index >= 15 is 0 Å². The van der Waals surface area contributed by atoms with Crippen molar-refractivity contribution in [2.24, 2.45) is 7.05 Å². The second-order valence-corrected chi connectivity index (χ2v) is 5.77. The zero-order valence-corrected chi connectivity index (χ0v) is 11.6. The quantitative estimate of drug-likeness (QED) is 0.782. The highest BCUT2D eigenvalue weighted by atomic mass is 79.9. The maximum atomic E-state index is 12.1. The molecule has 4 nitrogen and oxygen atoms in total. The molecule has 0 spiro atoms. The number of hydrogen-bond donors (Lipinski definition) is 0. The number of thiophene rings is 1. The largest absolute Gasteiger partial charge is 0.287 e. The number of aromatic nitrogens is 3. The van der Waals surface area contributed by atoms with E-state index in [-0.39, 0.29) is 5.78 Å². The van der Waals surface area contributed by atoms with E-state index in [0.717, 1.165) is 3.79 Å². The molecular formula is C8H5Br2N3OS. The zero-order chi connectivity index (χ0) is 11.0. The van der Waals surface area contributed by atoms with Crippen LogP contribution in [0.15, 0.2) is 19.8 Å². The van der Waals surface area contributed by atoms with E-state index in [4.69, 9.17) is 0 Å². The Balaban J connectivity index is 2.50. The van der Waals surface area contributed by atoms with Crippen LogP contribution >= 0.6 is 43.2 Å². The molecule has 0 aliphatic rings. The molecule has 78 valence electrons. The van der Waals surface area contributed by atoms with Crippen LogP contribution in [0.25, 0.3) is 0 Å². The van der Waals surface area contributed by atoms with E-state index in [1.807, 2.05) is 5.38 Å². The summed E-state index contributed by atoms with van der Waals surface area (Å²) in [5, 5.41) is 9.39. The second-order valence-electron chi connectivity index (χ2n) is 2.79. The van der Waals surface area contributed by atoms with E-state index < -0.39 is 0 Å². The number of carbonyl (C=O) groups excluding carboxylic acids is 1. The molecule has 15 heavy (non-hydrogen) atoms. The average molecular weight is 351 g/mol. The Morgan fingerprint density at radius 3 is 2.73 bits per heavy atom.